The number of hydrogen-bond acceptors (Lipinski definition) is 3. The van der Waals surface area contributed by atoms with E-state index in [1.807, 2.05) is 42.5 Å². The lowest BCUT2D eigenvalue weighted by atomic mass is 10.3. The van der Waals surface area contributed by atoms with Crippen LogP contribution in [0.1, 0.15) is 0 Å². The Morgan fingerprint density at radius 2 is 1.68 bits per heavy atom. The maximum Gasteiger partial charge on any atom is 0.0901 e. The summed E-state index contributed by atoms with van der Waals surface area (Å²) in [6.45, 7) is 0. The van der Waals surface area contributed by atoms with Crippen molar-refractivity contribution in [1.29, 1.82) is 0 Å². The molecule has 19 heavy (non-hydrogen) atoms. The zero-order valence-corrected chi connectivity index (χ0v) is 10.4. The molecular formula is C16H14N2O. The van der Waals surface area contributed by atoms with Gasteiger partial charge in [0, 0.05) is 23.8 Å². The molecule has 0 N–H and O–H groups in total. The van der Waals surface area contributed by atoms with Crippen molar-refractivity contribution >= 4 is 12.4 Å². The molecular weight excluding hydrogens is 236 g/mol. The minimum atomic E-state index is 0.877. The average Bonchev–Trinajstić information content (AvgIpc) is 2.45. The van der Waals surface area contributed by atoms with Gasteiger partial charge in [-0.2, -0.15) is 0 Å². The molecule has 2 rings (SSSR count). The second kappa shape index (κ2) is 7.61. The average molecular weight is 250 g/mol. The maximum absolute atomic E-state index is 5.12. The topological polar surface area (TPSA) is 34.0 Å². The van der Waals surface area contributed by atoms with Gasteiger partial charge < -0.3 is 4.74 Å². The Morgan fingerprint density at radius 3 is 2.63 bits per heavy atom. The summed E-state index contributed by atoms with van der Waals surface area (Å²) >= 11 is 0. The van der Waals surface area contributed by atoms with E-state index >= 15 is 0 Å². The molecule has 3 heteroatoms. The lowest BCUT2D eigenvalue weighted by molar-refractivity contribution is 0.403. The molecule has 0 bridgehead atoms. The van der Waals surface area contributed by atoms with E-state index in [0.29, 0.717) is 0 Å². The Bertz CT molecular complexity index is 664. The van der Waals surface area contributed by atoms with Crippen molar-refractivity contribution < 1.29 is 4.74 Å². The number of rotatable bonds is 0. The lowest BCUT2D eigenvalue weighted by Crippen LogP contribution is -2.23. The summed E-state index contributed by atoms with van der Waals surface area (Å²) < 4.78 is 5.12. The van der Waals surface area contributed by atoms with Crippen molar-refractivity contribution in [2.45, 2.75) is 0 Å². The van der Waals surface area contributed by atoms with E-state index < -0.39 is 0 Å². The third kappa shape index (κ3) is 4.60. The molecule has 3 nitrogen and oxygen atoms in total. The van der Waals surface area contributed by atoms with Crippen molar-refractivity contribution in [3.05, 3.63) is 83.9 Å². The van der Waals surface area contributed by atoms with Crippen molar-refractivity contribution in [3.8, 4) is 0 Å². The summed E-state index contributed by atoms with van der Waals surface area (Å²) in [5.41, 5.74) is 0. The fraction of sp³-hybridized carbons (Fsp3) is 0. The zero-order chi connectivity index (χ0) is 13.2. The normalized spacial score (nSPS) is 26.5. The number of hydrogen-bond donors (Lipinski definition) is 0. The minimum Gasteiger partial charge on any atom is -0.473 e. The number of allylic oxidation sites excluding steroid dienone is 5. The second-order valence-electron chi connectivity index (χ2n) is 3.63. The number of aliphatic imine (C=N–C) groups is 1. The molecule has 0 radical (unpaired) electrons. The molecule has 1 aliphatic rings. The SMILES string of the molecule is C1=C\C=N/C=c2/cccc/c2=N/C=C\C=C/O\C=C/1. The summed E-state index contributed by atoms with van der Waals surface area (Å²) in [5.74, 6) is 0. The van der Waals surface area contributed by atoms with Gasteiger partial charge in [0.2, 0.25) is 0 Å². The van der Waals surface area contributed by atoms with E-state index in [1.165, 1.54) is 0 Å². The van der Waals surface area contributed by atoms with Crippen LogP contribution in [0, 0.1) is 0 Å². The van der Waals surface area contributed by atoms with Gasteiger partial charge in [-0.3, -0.25) is 9.98 Å². The molecule has 1 aliphatic heterocycles. The van der Waals surface area contributed by atoms with Gasteiger partial charge in [-0.25, -0.2) is 0 Å². The second-order valence-corrected chi connectivity index (χ2v) is 3.63. The van der Waals surface area contributed by atoms with Crippen molar-refractivity contribution in [2.24, 2.45) is 9.98 Å². The van der Waals surface area contributed by atoms with Gasteiger partial charge in [0.15, 0.2) is 0 Å². The molecule has 1 aromatic carbocycles. The number of nitrogens with zero attached hydrogens (tertiary/aromatic N) is 2. The Morgan fingerprint density at radius 1 is 0.842 bits per heavy atom. The highest BCUT2D eigenvalue weighted by molar-refractivity contribution is 5.73. The summed E-state index contributed by atoms with van der Waals surface area (Å²) in [5, 5.41) is 1.85. The van der Waals surface area contributed by atoms with Crippen molar-refractivity contribution in [3.63, 3.8) is 0 Å². The highest BCUT2D eigenvalue weighted by atomic mass is 16.5. The van der Waals surface area contributed by atoms with E-state index in [4.69, 9.17) is 4.74 Å². The maximum atomic E-state index is 5.12. The smallest absolute Gasteiger partial charge is 0.0901 e. The quantitative estimate of drug-likeness (QED) is 0.695. The highest BCUT2D eigenvalue weighted by Gasteiger charge is 1.82. The predicted molar refractivity (Wildman–Crippen MR) is 77.8 cm³/mol. The largest absolute Gasteiger partial charge is 0.473 e. The van der Waals surface area contributed by atoms with Gasteiger partial charge in [-0.05, 0) is 30.4 Å². The first kappa shape index (κ1) is 12.8. The van der Waals surface area contributed by atoms with Crippen LogP contribution in [0.5, 0.6) is 0 Å². The third-order valence-corrected chi connectivity index (χ3v) is 2.27. The number of fused-ring (bicyclic) bond motifs is 1. The van der Waals surface area contributed by atoms with Crippen LogP contribution < -0.4 is 10.6 Å². The van der Waals surface area contributed by atoms with E-state index in [0.717, 1.165) is 10.6 Å². The van der Waals surface area contributed by atoms with Crippen LogP contribution in [0.3, 0.4) is 0 Å². The van der Waals surface area contributed by atoms with Gasteiger partial charge >= 0.3 is 0 Å². The molecule has 1 aromatic rings. The van der Waals surface area contributed by atoms with E-state index in [-0.39, 0.29) is 0 Å². The number of para-hydroxylation sites is 1. The molecule has 0 fully saturated rings. The van der Waals surface area contributed by atoms with Crippen LogP contribution in [-0.2, 0) is 4.74 Å². The Labute approximate surface area is 112 Å². The Kier molecular flexibility index (Phi) is 5.11. The minimum absolute atomic E-state index is 0.877. The highest BCUT2D eigenvalue weighted by Crippen LogP contribution is 1.85. The Hall–Kier alpha value is -2.68. The van der Waals surface area contributed by atoms with Crippen molar-refractivity contribution in [1.82, 2.24) is 0 Å². The first-order valence-corrected chi connectivity index (χ1v) is 5.92. The van der Waals surface area contributed by atoms with Crippen LogP contribution in [0.25, 0.3) is 6.20 Å². The van der Waals surface area contributed by atoms with Gasteiger partial charge in [0.05, 0.1) is 17.9 Å². The van der Waals surface area contributed by atoms with Crippen molar-refractivity contribution in [2.75, 3.05) is 0 Å². The van der Waals surface area contributed by atoms with Gasteiger partial charge in [0.1, 0.15) is 0 Å². The molecule has 1 heterocycles. The molecule has 0 saturated carbocycles. The standard InChI is InChI=1S/C16H14N2O/c1-4-10-17-14-15-8-2-3-9-16(15)18-11-5-7-13-19-12-6-1/h1-14H/b4-1-,11-5-,12-6-,13-7-,15-14-,17-10-,18-16-. The third-order valence-electron chi connectivity index (χ3n) is 2.27. The van der Waals surface area contributed by atoms with Gasteiger partial charge in [0.25, 0.3) is 0 Å². The summed E-state index contributed by atoms with van der Waals surface area (Å²) in [7, 11) is 0. The molecule has 0 aromatic heterocycles. The van der Waals surface area contributed by atoms with Crippen LogP contribution in [-0.4, -0.2) is 6.21 Å². The Balaban J connectivity index is 2.41. The fourth-order valence-electron chi connectivity index (χ4n) is 1.40. The van der Waals surface area contributed by atoms with E-state index in [1.54, 1.807) is 43.3 Å². The summed E-state index contributed by atoms with van der Waals surface area (Å²) in [6, 6.07) is 7.83. The van der Waals surface area contributed by atoms with Crippen LogP contribution >= 0.6 is 0 Å². The van der Waals surface area contributed by atoms with Crippen LogP contribution in [0.2, 0.25) is 0 Å². The lowest BCUT2D eigenvalue weighted by Gasteiger charge is -1.87. The molecule has 0 spiro atoms. The molecule has 0 amide bonds. The fourth-order valence-corrected chi connectivity index (χ4v) is 1.40. The zero-order valence-electron chi connectivity index (χ0n) is 10.4. The monoisotopic (exact) mass is 250 g/mol. The van der Waals surface area contributed by atoms with Crippen LogP contribution in [0.4, 0.5) is 0 Å². The van der Waals surface area contributed by atoms with E-state index in [2.05, 4.69) is 9.98 Å². The first-order chi connectivity index (χ1) is 9.47. The molecule has 0 aliphatic carbocycles. The van der Waals surface area contributed by atoms with Gasteiger partial charge in [-0.1, -0.05) is 24.3 Å². The van der Waals surface area contributed by atoms with Crippen LogP contribution in [0.15, 0.2) is 83.4 Å². The summed E-state index contributed by atoms with van der Waals surface area (Å²) in [6.07, 6.45) is 17.4. The molecule has 0 atom stereocenters. The van der Waals surface area contributed by atoms with E-state index in [9.17, 15) is 0 Å². The predicted octanol–water partition coefficient (Wildman–Crippen LogP) is 2.24. The van der Waals surface area contributed by atoms with Gasteiger partial charge in [-0.15, -0.1) is 0 Å². The molecule has 94 valence electrons. The number of ether oxygens (including phenoxy) is 1. The first-order valence-electron chi connectivity index (χ1n) is 5.92. The molecule has 0 saturated heterocycles. The summed E-state index contributed by atoms with van der Waals surface area (Å²) in [4.78, 5) is 8.58. The molecule has 0 unspecified atom stereocenters. The number of benzene rings is 1.